The lowest BCUT2D eigenvalue weighted by Crippen LogP contribution is -2.34. The number of anilines is 1. The van der Waals surface area contributed by atoms with Crippen LogP contribution in [0.25, 0.3) is 6.08 Å². The molecule has 152 valence electrons. The second kappa shape index (κ2) is 8.26. The third-order valence-electron chi connectivity index (χ3n) is 4.32. The van der Waals surface area contributed by atoms with Gasteiger partial charge in [0, 0.05) is 24.0 Å². The van der Waals surface area contributed by atoms with E-state index in [2.05, 4.69) is 5.32 Å². The standard InChI is InChI=1S/C20H17F3N2O4/c1-28-16-5-11-3-4-25(19(27)7-12(11)6-17(16)29-2)10-18(26)24-13-8-14(21)20(23)15(22)9-13/h3-6,8-9H,7,10H2,1-2H3,(H,24,26). The topological polar surface area (TPSA) is 67.9 Å². The minimum absolute atomic E-state index is 0.00969. The van der Waals surface area contributed by atoms with E-state index in [1.807, 2.05) is 0 Å². The van der Waals surface area contributed by atoms with Crippen LogP contribution in [0, 0.1) is 17.5 Å². The van der Waals surface area contributed by atoms with Gasteiger partial charge in [0.2, 0.25) is 11.8 Å². The lowest BCUT2D eigenvalue weighted by Gasteiger charge is -2.17. The number of ether oxygens (including phenoxy) is 2. The average molecular weight is 406 g/mol. The largest absolute Gasteiger partial charge is 0.493 e. The van der Waals surface area contributed by atoms with Crippen LogP contribution < -0.4 is 14.8 Å². The summed E-state index contributed by atoms with van der Waals surface area (Å²) in [5, 5.41) is 2.24. The highest BCUT2D eigenvalue weighted by Gasteiger charge is 2.22. The van der Waals surface area contributed by atoms with E-state index in [4.69, 9.17) is 9.47 Å². The number of carbonyl (C=O) groups is 2. The lowest BCUT2D eigenvalue weighted by molar-refractivity contribution is -0.131. The van der Waals surface area contributed by atoms with Crippen molar-refractivity contribution >= 4 is 23.6 Å². The van der Waals surface area contributed by atoms with Crippen LogP contribution in [0.2, 0.25) is 0 Å². The maximum atomic E-state index is 13.3. The zero-order valence-corrected chi connectivity index (χ0v) is 15.6. The molecule has 0 saturated carbocycles. The number of fused-ring (bicyclic) bond motifs is 1. The van der Waals surface area contributed by atoms with Crippen LogP contribution in [0.15, 0.2) is 30.5 Å². The maximum absolute atomic E-state index is 13.3. The number of rotatable bonds is 5. The molecule has 0 fully saturated rings. The van der Waals surface area contributed by atoms with Crippen LogP contribution in [0.4, 0.5) is 18.9 Å². The molecular weight excluding hydrogens is 389 g/mol. The van der Waals surface area contributed by atoms with Crippen molar-refractivity contribution in [3.05, 3.63) is 59.0 Å². The molecule has 0 unspecified atom stereocenters. The van der Waals surface area contributed by atoms with E-state index in [-0.39, 0.29) is 18.0 Å². The van der Waals surface area contributed by atoms with E-state index in [1.165, 1.54) is 25.3 Å². The fourth-order valence-electron chi connectivity index (χ4n) is 2.89. The van der Waals surface area contributed by atoms with Crippen molar-refractivity contribution in [1.82, 2.24) is 4.90 Å². The molecule has 1 heterocycles. The Labute approximate surface area is 164 Å². The molecule has 6 nitrogen and oxygen atoms in total. The first kappa shape index (κ1) is 20.2. The Balaban J connectivity index is 1.75. The first-order valence-corrected chi connectivity index (χ1v) is 8.49. The van der Waals surface area contributed by atoms with Crippen molar-refractivity contribution in [2.24, 2.45) is 0 Å². The Kier molecular flexibility index (Phi) is 5.76. The van der Waals surface area contributed by atoms with Crippen LogP contribution in [0.5, 0.6) is 11.5 Å². The highest BCUT2D eigenvalue weighted by atomic mass is 19.2. The molecule has 2 aromatic rings. The molecule has 0 aromatic heterocycles. The Bertz CT molecular complexity index is 984. The molecule has 2 amide bonds. The number of benzene rings is 2. The fourth-order valence-corrected chi connectivity index (χ4v) is 2.89. The molecule has 3 rings (SSSR count). The van der Waals surface area contributed by atoms with Gasteiger partial charge in [-0.3, -0.25) is 9.59 Å². The quantitative estimate of drug-likeness (QED) is 0.775. The van der Waals surface area contributed by atoms with Gasteiger partial charge in [-0.05, 0) is 29.3 Å². The third-order valence-corrected chi connectivity index (χ3v) is 4.32. The molecule has 0 bridgehead atoms. The molecule has 1 aliphatic rings. The molecule has 29 heavy (non-hydrogen) atoms. The summed E-state index contributed by atoms with van der Waals surface area (Å²) >= 11 is 0. The van der Waals surface area contributed by atoms with Gasteiger partial charge in [-0.2, -0.15) is 0 Å². The lowest BCUT2D eigenvalue weighted by atomic mass is 10.0. The van der Waals surface area contributed by atoms with Crippen LogP contribution in [0.3, 0.4) is 0 Å². The van der Waals surface area contributed by atoms with E-state index < -0.39 is 29.9 Å². The van der Waals surface area contributed by atoms with Gasteiger partial charge >= 0.3 is 0 Å². The van der Waals surface area contributed by atoms with Gasteiger partial charge in [-0.25, -0.2) is 13.2 Å². The average Bonchev–Trinajstić information content (AvgIpc) is 2.83. The monoisotopic (exact) mass is 406 g/mol. The minimum Gasteiger partial charge on any atom is -0.493 e. The van der Waals surface area contributed by atoms with Gasteiger partial charge < -0.3 is 19.7 Å². The van der Waals surface area contributed by atoms with Crippen molar-refractivity contribution < 1.29 is 32.2 Å². The number of carbonyl (C=O) groups excluding carboxylic acids is 2. The second-order valence-electron chi connectivity index (χ2n) is 6.22. The van der Waals surface area contributed by atoms with Gasteiger partial charge in [-0.1, -0.05) is 0 Å². The summed E-state index contributed by atoms with van der Waals surface area (Å²) in [7, 11) is 2.98. The van der Waals surface area contributed by atoms with Gasteiger partial charge in [0.1, 0.15) is 6.54 Å². The molecular formula is C20H17F3N2O4. The SMILES string of the molecule is COc1cc2c(cc1OC)CC(=O)N(CC(=O)Nc1cc(F)c(F)c(F)c1)C=C2. The van der Waals surface area contributed by atoms with Crippen LogP contribution in [-0.2, 0) is 16.0 Å². The summed E-state index contributed by atoms with van der Waals surface area (Å²) < 4.78 is 50.1. The molecule has 0 saturated heterocycles. The Morgan fingerprint density at radius 3 is 2.31 bits per heavy atom. The molecule has 0 aliphatic carbocycles. The first-order valence-electron chi connectivity index (χ1n) is 8.49. The van der Waals surface area contributed by atoms with Gasteiger partial charge in [-0.15, -0.1) is 0 Å². The predicted octanol–water partition coefficient (Wildman–Crippen LogP) is 3.12. The normalized spacial score (nSPS) is 13.0. The molecule has 0 spiro atoms. The number of nitrogens with zero attached hydrogens (tertiary/aromatic N) is 1. The minimum atomic E-state index is -1.63. The number of halogens is 3. The number of hydrogen-bond acceptors (Lipinski definition) is 4. The zero-order valence-electron chi connectivity index (χ0n) is 15.6. The molecule has 1 N–H and O–H groups in total. The number of hydrogen-bond donors (Lipinski definition) is 1. The number of methoxy groups -OCH3 is 2. The molecule has 0 radical (unpaired) electrons. The Morgan fingerprint density at radius 2 is 1.69 bits per heavy atom. The van der Waals surface area contributed by atoms with E-state index >= 15 is 0 Å². The van der Waals surface area contributed by atoms with Gasteiger partial charge in [0.05, 0.1) is 20.6 Å². The number of amides is 2. The predicted molar refractivity (Wildman–Crippen MR) is 98.9 cm³/mol. The summed E-state index contributed by atoms with van der Waals surface area (Å²) in [6.45, 7) is -0.391. The first-order chi connectivity index (χ1) is 13.8. The van der Waals surface area contributed by atoms with Gasteiger partial charge in [0.25, 0.3) is 0 Å². The zero-order chi connectivity index (χ0) is 21.1. The summed E-state index contributed by atoms with van der Waals surface area (Å²) in [4.78, 5) is 25.9. The summed E-state index contributed by atoms with van der Waals surface area (Å²) in [5.41, 5.74) is 1.16. The highest BCUT2D eigenvalue weighted by Crippen LogP contribution is 2.32. The van der Waals surface area contributed by atoms with Gasteiger partial charge in [0.15, 0.2) is 29.0 Å². The van der Waals surface area contributed by atoms with E-state index in [9.17, 15) is 22.8 Å². The second-order valence-corrected chi connectivity index (χ2v) is 6.22. The fraction of sp³-hybridized carbons (Fsp3) is 0.200. The van der Waals surface area contributed by atoms with Crippen molar-refractivity contribution in [3.8, 4) is 11.5 Å². The summed E-state index contributed by atoms with van der Waals surface area (Å²) in [5.74, 6) is -4.58. The van der Waals surface area contributed by atoms with Crippen LogP contribution in [-0.4, -0.2) is 37.5 Å². The molecule has 2 aromatic carbocycles. The number of nitrogens with one attached hydrogen (secondary N) is 1. The highest BCUT2D eigenvalue weighted by molar-refractivity contribution is 5.95. The van der Waals surface area contributed by atoms with Crippen LogP contribution in [0.1, 0.15) is 11.1 Å². The third kappa shape index (κ3) is 4.34. The van der Waals surface area contributed by atoms with Crippen molar-refractivity contribution in [2.75, 3.05) is 26.1 Å². The molecule has 9 heteroatoms. The summed E-state index contributed by atoms with van der Waals surface area (Å²) in [6, 6.07) is 4.71. The molecule has 0 atom stereocenters. The molecule has 1 aliphatic heterocycles. The van der Waals surface area contributed by atoms with E-state index in [0.717, 1.165) is 5.56 Å². The summed E-state index contributed by atoms with van der Waals surface area (Å²) in [6.07, 6.45) is 3.09. The maximum Gasteiger partial charge on any atom is 0.244 e. The van der Waals surface area contributed by atoms with Crippen molar-refractivity contribution in [3.63, 3.8) is 0 Å². The van der Waals surface area contributed by atoms with E-state index in [0.29, 0.717) is 29.2 Å². The Morgan fingerprint density at radius 1 is 1.07 bits per heavy atom. The van der Waals surface area contributed by atoms with E-state index in [1.54, 1.807) is 18.2 Å². The van der Waals surface area contributed by atoms with Crippen molar-refractivity contribution in [1.29, 1.82) is 0 Å². The smallest absolute Gasteiger partial charge is 0.244 e. The Hall–Kier alpha value is -3.49. The van der Waals surface area contributed by atoms with Crippen molar-refractivity contribution in [2.45, 2.75) is 6.42 Å². The van der Waals surface area contributed by atoms with Crippen LogP contribution >= 0.6 is 0 Å².